The minimum absolute atomic E-state index is 0.0129. The third-order valence-corrected chi connectivity index (χ3v) is 4.89. The summed E-state index contributed by atoms with van der Waals surface area (Å²) in [5.74, 6) is 0.0129. The van der Waals surface area contributed by atoms with Crippen molar-refractivity contribution in [1.29, 1.82) is 0 Å². The summed E-state index contributed by atoms with van der Waals surface area (Å²) in [7, 11) is 0. The number of amides is 1. The lowest BCUT2D eigenvalue weighted by Gasteiger charge is -2.37. The van der Waals surface area contributed by atoms with Crippen LogP contribution in [0.5, 0.6) is 0 Å². The number of anilines is 1. The Labute approximate surface area is 155 Å². The molecule has 1 N–H and O–H groups in total. The molecule has 0 saturated carbocycles. The lowest BCUT2D eigenvalue weighted by Crippen LogP contribution is -2.53. The van der Waals surface area contributed by atoms with Crippen LogP contribution in [0.4, 0.5) is 18.9 Å². The minimum atomic E-state index is -4.40. The lowest BCUT2D eigenvalue weighted by molar-refractivity contribution is -0.142. The van der Waals surface area contributed by atoms with Gasteiger partial charge in [0.1, 0.15) is 6.10 Å². The number of hydrogen-bond donors (Lipinski definition) is 1. The molecule has 2 saturated heterocycles. The van der Waals surface area contributed by atoms with Gasteiger partial charge in [0, 0.05) is 38.5 Å². The topological polar surface area (TPSA) is 44.8 Å². The zero-order chi connectivity index (χ0) is 18.7. The highest BCUT2D eigenvalue weighted by Crippen LogP contribution is 2.30. The van der Waals surface area contributed by atoms with Crippen molar-refractivity contribution in [1.82, 2.24) is 9.80 Å². The second kappa shape index (κ2) is 7.79. The van der Waals surface area contributed by atoms with Gasteiger partial charge < -0.3 is 19.9 Å². The number of rotatable bonds is 2. The molecule has 142 valence electrons. The van der Waals surface area contributed by atoms with Gasteiger partial charge in [-0.1, -0.05) is 6.07 Å². The third kappa shape index (κ3) is 4.45. The molecular weight excluding hydrogens is 367 g/mol. The Bertz CT molecular complexity index is 669. The Morgan fingerprint density at radius 3 is 2.50 bits per heavy atom. The van der Waals surface area contributed by atoms with Gasteiger partial charge in [0.15, 0.2) is 5.11 Å². The summed E-state index contributed by atoms with van der Waals surface area (Å²) in [6.07, 6.45) is -3.07. The Morgan fingerprint density at radius 2 is 1.88 bits per heavy atom. The molecule has 0 aliphatic carbocycles. The van der Waals surface area contributed by atoms with E-state index in [1.54, 1.807) is 11.0 Å². The molecule has 0 radical (unpaired) electrons. The SMILES string of the molecule is O=C([C@@H]1CCCO1)N1CCN(C(=S)Nc2cccc(C(F)(F)F)c2)CC1. The molecule has 1 atom stereocenters. The van der Waals surface area contributed by atoms with Crippen LogP contribution in [0.25, 0.3) is 0 Å². The molecule has 1 aromatic carbocycles. The van der Waals surface area contributed by atoms with E-state index in [0.29, 0.717) is 43.6 Å². The molecule has 2 aliphatic rings. The third-order valence-electron chi connectivity index (χ3n) is 4.52. The number of hydrogen-bond acceptors (Lipinski definition) is 3. The standard InChI is InChI=1S/C17H20F3N3O2S/c18-17(19,20)12-3-1-4-13(11-12)21-16(26)23-8-6-22(7-9-23)15(24)14-5-2-10-25-14/h1,3-4,11,14H,2,5-10H2,(H,21,26)/t14-/m0/s1. The van der Waals surface area contributed by atoms with Gasteiger partial charge in [-0.05, 0) is 43.3 Å². The maximum Gasteiger partial charge on any atom is 0.416 e. The monoisotopic (exact) mass is 387 g/mol. The predicted octanol–water partition coefficient (Wildman–Crippen LogP) is 2.73. The minimum Gasteiger partial charge on any atom is -0.368 e. The first-order valence-electron chi connectivity index (χ1n) is 8.48. The number of halogens is 3. The van der Waals surface area contributed by atoms with Gasteiger partial charge in [0.25, 0.3) is 5.91 Å². The number of alkyl halides is 3. The van der Waals surface area contributed by atoms with E-state index in [-0.39, 0.29) is 12.0 Å². The van der Waals surface area contributed by atoms with Crippen molar-refractivity contribution in [2.45, 2.75) is 25.1 Å². The van der Waals surface area contributed by atoms with Gasteiger partial charge in [-0.15, -0.1) is 0 Å². The molecule has 2 aliphatic heterocycles. The van der Waals surface area contributed by atoms with Crippen LogP contribution >= 0.6 is 12.2 Å². The smallest absolute Gasteiger partial charge is 0.368 e. The number of ether oxygens (including phenoxy) is 1. The van der Waals surface area contributed by atoms with Crippen molar-refractivity contribution in [3.63, 3.8) is 0 Å². The van der Waals surface area contributed by atoms with Crippen molar-refractivity contribution in [2.24, 2.45) is 0 Å². The quantitative estimate of drug-likeness (QED) is 0.791. The number of nitrogens with zero attached hydrogens (tertiary/aromatic N) is 2. The highest BCUT2D eigenvalue weighted by Gasteiger charge is 2.32. The van der Waals surface area contributed by atoms with E-state index in [1.165, 1.54) is 6.07 Å². The maximum atomic E-state index is 12.8. The summed E-state index contributed by atoms with van der Waals surface area (Å²) >= 11 is 5.31. The van der Waals surface area contributed by atoms with Crippen LogP contribution < -0.4 is 5.32 Å². The van der Waals surface area contributed by atoms with Gasteiger partial charge in [-0.2, -0.15) is 13.2 Å². The van der Waals surface area contributed by atoms with Crippen LogP contribution in [0.3, 0.4) is 0 Å². The molecule has 5 nitrogen and oxygen atoms in total. The summed E-state index contributed by atoms with van der Waals surface area (Å²) in [5.41, 5.74) is -0.431. The molecule has 0 bridgehead atoms. The van der Waals surface area contributed by atoms with Crippen LogP contribution in [0.2, 0.25) is 0 Å². The molecule has 0 unspecified atom stereocenters. The molecule has 1 aromatic rings. The van der Waals surface area contributed by atoms with E-state index >= 15 is 0 Å². The van der Waals surface area contributed by atoms with E-state index in [4.69, 9.17) is 17.0 Å². The van der Waals surface area contributed by atoms with Crippen LogP contribution in [0.15, 0.2) is 24.3 Å². The molecule has 0 aromatic heterocycles. The normalized spacial score (nSPS) is 21.0. The van der Waals surface area contributed by atoms with Crippen LogP contribution in [0, 0.1) is 0 Å². The number of benzene rings is 1. The van der Waals surface area contributed by atoms with Crippen LogP contribution in [0.1, 0.15) is 18.4 Å². The number of nitrogens with one attached hydrogen (secondary N) is 1. The Hall–Kier alpha value is -1.87. The average Bonchev–Trinajstić information content (AvgIpc) is 3.15. The second-order valence-corrected chi connectivity index (χ2v) is 6.71. The zero-order valence-corrected chi connectivity index (χ0v) is 14.9. The summed E-state index contributed by atoms with van der Waals surface area (Å²) < 4.78 is 43.8. The first-order chi connectivity index (χ1) is 12.3. The largest absolute Gasteiger partial charge is 0.416 e. The first kappa shape index (κ1) is 18.9. The highest BCUT2D eigenvalue weighted by atomic mass is 32.1. The van der Waals surface area contributed by atoms with Crippen LogP contribution in [-0.4, -0.2) is 59.7 Å². The lowest BCUT2D eigenvalue weighted by atomic mass is 10.2. The average molecular weight is 387 g/mol. The molecular formula is C17H20F3N3O2S. The fraction of sp³-hybridized carbons (Fsp3) is 0.529. The molecule has 2 heterocycles. The number of carbonyl (C=O) groups excluding carboxylic acids is 1. The first-order valence-corrected chi connectivity index (χ1v) is 8.89. The van der Waals surface area contributed by atoms with Crippen LogP contribution in [-0.2, 0) is 15.7 Å². The number of piperazine rings is 1. The van der Waals surface area contributed by atoms with Crippen molar-refractivity contribution >= 4 is 28.9 Å². The van der Waals surface area contributed by atoms with Gasteiger partial charge >= 0.3 is 6.18 Å². The Morgan fingerprint density at radius 1 is 1.19 bits per heavy atom. The van der Waals surface area contributed by atoms with Gasteiger partial charge in [-0.3, -0.25) is 4.79 Å². The summed E-state index contributed by atoms with van der Waals surface area (Å²) in [5, 5.41) is 3.21. The molecule has 3 rings (SSSR count). The molecule has 9 heteroatoms. The van der Waals surface area contributed by atoms with Gasteiger partial charge in [-0.25, -0.2) is 0 Å². The summed E-state index contributed by atoms with van der Waals surface area (Å²) in [6.45, 7) is 2.72. The Balaban J connectivity index is 1.53. The molecule has 1 amide bonds. The van der Waals surface area contributed by atoms with Gasteiger partial charge in [0.2, 0.25) is 0 Å². The van der Waals surface area contributed by atoms with E-state index in [1.807, 2.05) is 4.90 Å². The van der Waals surface area contributed by atoms with E-state index in [9.17, 15) is 18.0 Å². The molecule has 0 spiro atoms. The van der Waals surface area contributed by atoms with Crippen molar-refractivity contribution < 1.29 is 22.7 Å². The fourth-order valence-electron chi connectivity index (χ4n) is 3.08. The molecule has 26 heavy (non-hydrogen) atoms. The van der Waals surface area contributed by atoms with E-state index < -0.39 is 11.7 Å². The van der Waals surface area contributed by atoms with Gasteiger partial charge in [0.05, 0.1) is 5.56 Å². The summed E-state index contributed by atoms with van der Waals surface area (Å²) in [4.78, 5) is 15.9. The second-order valence-electron chi connectivity index (χ2n) is 6.32. The zero-order valence-electron chi connectivity index (χ0n) is 14.1. The van der Waals surface area contributed by atoms with Crippen molar-refractivity contribution in [3.8, 4) is 0 Å². The highest BCUT2D eigenvalue weighted by molar-refractivity contribution is 7.80. The Kier molecular flexibility index (Phi) is 5.67. The van der Waals surface area contributed by atoms with Crippen molar-refractivity contribution in [3.05, 3.63) is 29.8 Å². The van der Waals surface area contributed by atoms with Crippen molar-refractivity contribution in [2.75, 3.05) is 38.1 Å². The van der Waals surface area contributed by atoms with E-state index in [2.05, 4.69) is 5.32 Å². The fourth-order valence-corrected chi connectivity index (χ4v) is 3.38. The number of carbonyl (C=O) groups is 1. The molecule has 2 fully saturated rings. The maximum absolute atomic E-state index is 12.8. The predicted molar refractivity (Wildman–Crippen MR) is 94.8 cm³/mol. The summed E-state index contributed by atoms with van der Waals surface area (Å²) in [6, 6.07) is 4.93. The number of thiocarbonyl (C=S) groups is 1. The van der Waals surface area contributed by atoms with E-state index in [0.717, 1.165) is 25.0 Å².